The predicted molar refractivity (Wildman–Crippen MR) is 103 cm³/mol. The van der Waals surface area contributed by atoms with Crippen LogP contribution in [0.2, 0.25) is 0 Å². The van der Waals surface area contributed by atoms with E-state index in [1.54, 1.807) is 0 Å². The van der Waals surface area contributed by atoms with Crippen LogP contribution in [0.25, 0.3) is 0 Å². The first-order chi connectivity index (χ1) is 11.6. The minimum Gasteiger partial charge on any atom is -0.369 e. The van der Waals surface area contributed by atoms with Gasteiger partial charge in [0.25, 0.3) is 0 Å². The minimum absolute atomic E-state index is 0.208. The predicted octanol–water partition coefficient (Wildman–Crippen LogP) is 3.00. The molecule has 0 spiro atoms. The van der Waals surface area contributed by atoms with Crippen molar-refractivity contribution in [1.82, 2.24) is 4.90 Å². The molecule has 24 heavy (non-hydrogen) atoms. The smallest absolute Gasteiger partial charge is 0.0399 e. The molecule has 1 atom stereocenters. The van der Waals surface area contributed by atoms with Crippen molar-refractivity contribution in [3.8, 4) is 0 Å². The zero-order valence-corrected chi connectivity index (χ0v) is 14.9. The number of benzene rings is 2. The molecule has 2 N–H and O–H groups in total. The lowest BCUT2D eigenvalue weighted by atomic mass is 10.1. The molecule has 1 aliphatic rings. The molecule has 0 aliphatic carbocycles. The van der Waals surface area contributed by atoms with Gasteiger partial charge in [0, 0.05) is 44.5 Å². The third-order valence-corrected chi connectivity index (χ3v) is 5.12. The molecule has 0 unspecified atom stereocenters. The van der Waals surface area contributed by atoms with Crippen LogP contribution in [0.4, 0.5) is 5.69 Å². The zero-order valence-electron chi connectivity index (χ0n) is 14.9. The molecule has 1 saturated heterocycles. The number of hydrogen-bond donors (Lipinski definition) is 1. The average Bonchev–Trinajstić information content (AvgIpc) is 2.59. The molecule has 3 rings (SSSR count). The summed E-state index contributed by atoms with van der Waals surface area (Å²) in [7, 11) is 0. The first-order valence-corrected chi connectivity index (χ1v) is 8.96. The Labute approximate surface area is 146 Å². The molecule has 0 radical (unpaired) electrons. The summed E-state index contributed by atoms with van der Waals surface area (Å²) in [5, 5.41) is 0. The standard InChI is InChI=1S/C21H29N3/c1-17-7-6-10-21(18(17)2)24-13-11-23(12-14-24)16-20(22)15-19-8-4-3-5-9-19/h3-10,20H,11-16,22H2,1-2H3/t20-/m0/s1. The van der Waals surface area contributed by atoms with Gasteiger partial charge in [-0.2, -0.15) is 0 Å². The van der Waals surface area contributed by atoms with Gasteiger partial charge in [0.05, 0.1) is 0 Å². The second-order valence-electron chi connectivity index (χ2n) is 6.96. The maximum absolute atomic E-state index is 6.37. The van der Waals surface area contributed by atoms with Gasteiger partial charge in [0.1, 0.15) is 0 Å². The molecule has 1 heterocycles. The van der Waals surface area contributed by atoms with Gasteiger partial charge in [0.15, 0.2) is 0 Å². The van der Waals surface area contributed by atoms with E-state index in [4.69, 9.17) is 5.73 Å². The van der Waals surface area contributed by atoms with E-state index in [0.29, 0.717) is 0 Å². The van der Waals surface area contributed by atoms with Crippen molar-refractivity contribution in [2.24, 2.45) is 5.73 Å². The van der Waals surface area contributed by atoms with Crippen LogP contribution in [0.3, 0.4) is 0 Å². The van der Waals surface area contributed by atoms with Crippen LogP contribution in [-0.2, 0) is 6.42 Å². The maximum atomic E-state index is 6.37. The van der Waals surface area contributed by atoms with Crippen LogP contribution in [0.1, 0.15) is 16.7 Å². The van der Waals surface area contributed by atoms with Gasteiger partial charge in [-0.15, -0.1) is 0 Å². The monoisotopic (exact) mass is 323 g/mol. The fourth-order valence-corrected chi connectivity index (χ4v) is 3.56. The Hall–Kier alpha value is -1.84. The maximum Gasteiger partial charge on any atom is 0.0399 e. The van der Waals surface area contributed by atoms with Crippen LogP contribution < -0.4 is 10.6 Å². The summed E-state index contributed by atoms with van der Waals surface area (Å²) < 4.78 is 0. The molecular weight excluding hydrogens is 294 g/mol. The molecule has 128 valence electrons. The second-order valence-corrected chi connectivity index (χ2v) is 6.96. The number of anilines is 1. The molecule has 1 aliphatic heterocycles. The average molecular weight is 323 g/mol. The largest absolute Gasteiger partial charge is 0.369 e. The summed E-state index contributed by atoms with van der Waals surface area (Å²) in [5.74, 6) is 0. The Balaban J connectivity index is 1.51. The van der Waals surface area contributed by atoms with Crippen LogP contribution in [-0.4, -0.2) is 43.7 Å². The van der Waals surface area contributed by atoms with Gasteiger partial charge < -0.3 is 10.6 Å². The summed E-state index contributed by atoms with van der Waals surface area (Å²) >= 11 is 0. The van der Waals surface area contributed by atoms with Crippen molar-refractivity contribution in [3.05, 3.63) is 65.2 Å². The minimum atomic E-state index is 0.208. The SMILES string of the molecule is Cc1cccc(N2CCN(C[C@@H](N)Cc3ccccc3)CC2)c1C. The van der Waals surface area contributed by atoms with Gasteiger partial charge in [0.2, 0.25) is 0 Å². The highest BCUT2D eigenvalue weighted by Gasteiger charge is 2.20. The first-order valence-electron chi connectivity index (χ1n) is 8.96. The topological polar surface area (TPSA) is 32.5 Å². The number of rotatable bonds is 5. The van der Waals surface area contributed by atoms with Crippen LogP contribution in [0.5, 0.6) is 0 Å². The van der Waals surface area contributed by atoms with Crippen LogP contribution in [0.15, 0.2) is 48.5 Å². The second kappa shape index (κ2) is 7.82. The molecule has 0 saturated carbocycles. The number of nitrogens with two attached hydrogens (primary N) is 1. The molecule has 0 bridgehead atoms. The summed E-state index contributed by atoms with van der Waals surface area (Å²) in [6.07, 6.45) is 0.956. The number of aryl methyl sites for hydroxylation is 1. The molecule has 3 nitrogen and oxygen atoms in total. The zero-order chi connectivity index (χ0) is 16.9. The van der Waals surface area contributed by atoms with Crippen molar-refractivity contribution in [2.75, 3.05) is 37.6 Å². The summed E-state index contributed by atoms with van der Waals surface area (Å²) in [5.41, 5.74) is 11.9. The van der Waals surface area contributed by atoms with E-state index in [2.05, 4.69) is 72.2 Å². The number of nitrogens with zero attached hydrogens (tertiary/aromatic N) is 2. The molecule has 0 amide bonds. The van der Waals surface area contributed by atoms with Crippen molar-refractivity contribution in [2.45, 2.75) is 26.3 Å². The highest BCUT2D eigenvalue weighted by atomic mass is 15.3. The molecular formula is C21H29N3. The Morgan fingerprint density at radius 3 is 2.33 bits per heavy atom. The third-order valence-electron chi connectivity index (χ3n) is 5.12. The fourth-order valence-electron chi connectivity index (χ4n) is 3.56. The summed E-state index contributed by atoms with van der Waals surface area (Å²) in [4.78, 5) is 5.02. The van der Waals surface area contributed by atoms with Crippen molar-refractivity contribution < 1.29 is 0 Å². The van der Waals surface area contributed by atoms with Crippen LogP contribution >= 0.6 is 0 Å². The highest BCUT2D eigenvalue weighted by molar-refractivity contribution is 5.56. The number of piperazine rings is 1. The van der Waals surface area contributed by atoms with E-state index in [1.807, 2.05) is 0 Å². The molecule has 2 aromatic carbocycles. The van der Waals surface area contributed by atoms with Gasteiger partial charge in [-0.1, -0.05) is 42.5 Å². The van der Waals surface area contributed by atoms with E-state index in [1.165, 1.54) is 22.4 Å². The Bertz CT molecular complexity index is 645. The normalized spacial score (nSPS) is 17.0. The fraction of sp³-hybridized carbons (Fsp3) is 0.429. The highest BCUT2D eigenvalue weighted by Crippen LogP contribution is 2.23. The Morgan fingerprint density at radius 1 is 0.917 bits per heavy atom. The van der Waals surface area contributed by atoms with E-state index < -0.39 is 0 Å². The van der Waals surface area contributed by atoms with Gasteiger partial charge in [-0.25, -0.2) is 0 Å². The Kier molecular flexibility index (Phi) is 5.54. The summed E-state index contributed by atoms with van der Waals surface area (Å²) in [6, 6.07) is 17.4. The summed E-state index contributed by atoms with van der Waals surface area (Å²) in [6.45, 7) is 9.76. The van der Waals surface area contributed by atoms with Crippen molar-refractivity contribution in [3.63, 3.8) is 0 Å². The molecule has 0 aromatic heterocycles. The van der Waals surface area contributed by atoms with E-state index in [9.17, 15) is 0 Å². The lowest BCUT2D eigenvalue weighted by Crippen LogP contribution is -2.50. The van der Waals surface area contributed by atoms with Gasteiger partial charge >= 0.3 is 0 Å². The van der Waals surface area contributed by atoms with Crippen LogP contribution in [0, 0.1) is 13.8 Å². The first kappa shape index (κ1) is 17.0. The van der Waals surface area contributed by atoms with Gasteiger partial charge in [-0.05, 0) is 43.0 Å². The molecule has 1 fully saturated rings. The lowest BCUT2D eigenvalue weighted by molar-refractivity contribution is 0.242. The lowest BCUT2D eigenvalue weighted by Gasteiger charge is -2.38. The van der Waals surface area contributed by atoms with Crippen molar-refractivity contribution >= 4 is 5.69 Å². The quantitative estimate of drug-likeness (QED) is 0.918. The molecule has 3 heteroatoms. The molecule has 2 aromatic rings. The van der Waals surface area contributed by atoms with E-state index in [-0.39, 0.29) is 6.04 Å². The van der Waals surface area contributed by atoms with E-state index >= 15 is 0 Å². The number of hydrogen-bond acceptors (Lipinski definition) is 3. The van der Waals surface area contributed by atoms with Crippen molar-refractivity contribution in [1.29, 1.82) is 0 Å². The Morgan fingerprint density at radius 2 is 1.62 bits per heavy atom. The van der Waals surface area contributed by atoms with Gasteiger partial charge in [-0.3, -0.25) is 4.90 Å². The van der Waals surface area contributed by atoms with E-state index in [0.717, 1.165) is 39.1 Å². The third kappa shape index (κ3) is 4.16.